The molecule has 2 saturated heterocycles. The molecule has 4 aliphatic heterocycles. The Hall–Kier alpha value is -3.50. The van der Waals surface area contributed by atoms with Crippen molar-refractivity contribution in [3.05, 3.63) is 60.2 Å². The predicted molar refractivity (Wildman–Crippen MR) is 163 cm³/mol. The van der Waals surface area contributed by atoms with Gasteiger partial charge in [0.05, 0.1) is 18.1 Å². The Bertz CT molecular complexity index is 1280. The number of hydrogen-bond acceptors (Lipinski definition) is 7. The molecule has 44 heavy (non-hydrogen) atoms. The van der Waals surface area contributed by atoms with Crippen LogP contribution in [0.25, 0.3) is 0 Å². The summed E-state index contributed by atoms with van der Waals surface area (Å²) in [7, 11) is 1.72. The second kappa shape index (κ2) is 13.6. The van der Waals surface area contributed by atoms with Crippen molar-refractivity contribution in [2.45, 2.75) is 82.3 Å². The number of cyclic esters (lactones) is 1. The van der Waals surface area contributed by atoms with E-state index in [0.29, 0.717) is 32.4 Å². The van der Waals surface area contributed by atoms with Crippen LogP contribution in [-0.2, 0) is 28.7 Å². The smallest absolute Gasteiger partial charge is 0.313 e. The molecule has 0 saturated carbocycles. The summed E-state index contributed by atoms with van der Waals surface area (Å²) in [6.45, 7) is 5.00. The molecule has 1 aromatic carbocycles. The monoisotopic (exact) mass is 607 g/mol. The highest BCUT2D eigenvalue weighted by Gasteiger charge is 2.73. The molecule has 0 aromatic heterocycles. The molecule has 4 aliphatic rings. The molecule has 0 unspecified atom stereocenters. The number of carbonyl (C=O) groups is 4. The van der Waals surface area contributed by atoms with Crippen molar-refractivity contribution in [1.29, 1.82) is 0 Å². The number of aliphatic hydroxyl groups excluding tert-OH is 1. The third-order valence-electron chi connectivity index (χ3n) is 9.61. The Balaban J connectivity index is 1.57. The van der Waals surface area contributed by atoms with Gasteiger partial charge in [0.2, 0.25) is 17.7 Å². The number of allylic oxidation sites excluding steroid dienone is 1. The van der Waals surface area contributed by atoms with Crippen LogP contribution in [0.1, 0.15) is 64.0 Å². The average molecular weight is 608 g/mol. The molecule has 10 heteroatoms. The van der Waals surface area contributed by atoms with Crippen molar-refractivity contribution in [3.63, 3.8) is 0 Å². The second-order valence-corrected chi connectivity index (χ2v) is 12.3. The number of ether oxygens (including phenoxy) is 2. The Kier molecular flexibility index (Phi) is 9.90. The van der Waals surface area contributed by atoms with Crippen molar-refractivity contribution in [3.8, 4) is 0 Å². The van der Waals surface area contributed by atoms with E-state index in [9.17, 15) is 24.3 Å². The Morgan fingerprint density at radius 2 is 1.77 bits per heavy atom. The highest BCUT2D eigenvalue weighted by molar-refractivity contribution is 5.99. The van der Waals surface area contributed by atoms with Crippen LogP contribution < -0.4 is 0 Å². The van der Waals surface area contributed by atoms with E-state index in [1.54, 1.807) is 27.8 Å². The van der Waals surface area contributed by atoms with Crippen molar-refractivity contribution >= 4 is 23.7 Å². The molecule has 1 aromatic rings. The third-order valence-corrected chi connectivity index (χ3v) is 9.61. The number of carbonyl (C=O) groups excluding carboxylic acids is 4. The third kappa shape index (κ3) is 5.81. The minimum absolute atomic E-state index is 0.0218. The fourth-order valence-electron chi connectivity index (χ4n) is 7.09. The number of likely N-dealkylation sites (N-methyl/N-ethyl adjacent to an activating group) is 1. The lowest BCUT2D eigenvalue weighted by Crippen LogP contribution is -2.56. The molecule has 10 nitrogen and oxygen atoms in total. The first kappa shape index (κ1) is 31.9. The maximum absolute atomic E-state index is 14.4. The van der Waals surface area contributed by atoms with Gasteiger partial charge in [-0.05, 0) is 38.2 Å². The maximum Gasteiger partial charge on any atom is 0.313 e. The molecular weight excluding hydrogens is 562 g/mol. The summed E-state index contributed by atoms with van der Waals surface area (Å²) in [4.78, 5) is 61.0. The number of esters is 1. The number of hydrogen-bond donors (Lipinski definition) is 1. The lowest BCUT2D eigenvalue weighted by atomic mass is 9.74. The molecule has 238 valence electrons. The fourth-order valence-corrected chi connectivity index (χ4v) is 7.09. The zero-order chi connectivity index (χ0) is 31.4. The Morgan fingerprint density at radius 3 is 2.50 bits per heavy atom. The topological polar surface area (TPSA) is 117 Å². The van der Waals surface area contributed by atoms with Crippen LogP contribution in [0.4, 0.5) is 0 Å². The first-order valence-electron chi connectivity index (χ1n) is 16.0. The summed E-state index contributed by atoms with van der Waals surface area (Å²) in [5.41, 5.74) is -0.548. The van der Waals surface area contributed by atoms with E-state index >= 15 is 0 Å². The molecule has 7 atom stereocenters. The van der Waals surface area contributed by atoms with E-state index in [0.717, 1.165) is 18.4 Å². The first-order valence-corrected chi connectivity index (χ1v) is 16.0. The summed E-state index contributed by atoms with van der Waals surface area (Å²) in [6.07, 6.45) is 9.39. The van der Waals surface area contributed by atoms with E-state index in [4.69, 9.17) is 9.47 Å². The lowest BCUT2D eigenvalue weighted by molar-refractivity contribution is -0.164. The molecule has 4 heterocycles. The summed E-state index contributed by atoms with van der Waals surface area (Å²) in [6, 6.07) is 7.89. The van der Waals surface area contributed by atoms with Crippen molar-refractivity contribution in [2.24, 2.45) is 11.8 Å². The molecule has 0 radical (unpaired) electrons. The van der Waals surface area contributed by atoms with Crippen molar-refractivity contribution in [1.82, 2.24) is 14.7 Å². The summed E-state index contributed by atoms with van der Waals surface area (Å²) in [5.74, 6) is -3.06. The zero-order valence-corrected chi connectivity index (χ0v) is 26.0. The van der Waals surface area contributed by atoms with E-state index in [1.165, 1.54) is 0 Å². The molecule has 3 amide bonds. The van der Waals surface area contributed by atoms with Gasteiger partial charge in [-0.3, -0.25) is 19.2 Å². The normalized spacial score (nSPS) is 33.2. The van der Waals surface area contributed by atoms with Gasteiger partial charge in [-0.1, -0.05) is 68.0 Å². The fraction of sp³-hybridized carbons (Fsp3) is 0.588. The van der Waals surface area contributed by atoms with Crippen LogP contribution in [0.5, 0.6) is 0 Å². The summed E-state index contributed by atoms with van der Waals surface area (Å²) in [5, 5.41) is 9.44. The van der Waals surface area contributed by atoms with E-state index < -0.39 is 47.7 Å². The van der Waals surface area contributed by atoms with Gasteiger partial charge in [0.25, 0.3) is 0 Å². The van der Waals surface area contributed by atoms with Gasteiger partial charge < -0.3 is 29.3 Å². The number of unbranched alkanes of at least 4 members (excludes halogenated alkanes) is 2. The highest BCUT2D eigenvalue weighted by Crippen LogP contribution is 2.56. The zero-order valence-electron chi connectivity index (χ0n) is 26.0. The number of rotatable bonds is 8. The molecule has 0 aliphatic carbocycles. The minimum atomic E-state index is -1.29. The van der Waals surface area contributed by atoms with Gasteiger partial charge in [-0.15, -0.1) is 0 Å². The van der Waals surface area contributed by atoms with Crippen molar-refractivity contribution < 1.29 is 33.8 Å². The maximum atomic E-state index is 14.4. The number of fused-ring (bicyclic) bond motifs is 2. The second-order valence-electron chi connectivity index (χ2n) is 12.3. The molecule has 5 rings (SSSR count). The first-order chi connectivity index (χ1) is 21.2. The van der Waals surface area contributed by atoms with Crippen LogP contribution in [0.2, 0.25) is 0 Å². The summed E-state index contributed by atoms with van der Waals surface area (Å²) < 4.78 is 12.8. The number of nitrogens with zero attached hydrogens (tertiary/aromatic N) is 3. The van der Waals surface area contributed by atoms with Gasteiger partial charge in [0.15, 0.2) is 0 Å². The van der Waals surface area contributed by atoms with Gasteiger partial charge in [-0.25, -0.2) is 0 Å². The lowest BCUT2D eigenvalue weighted by Gasteiger charge is -2.36. The standard InChI is InChI=1S/C34H45N3O7/c1-4-5-19-36-20-11-7-10-16-26(39)35(3)23(2)29(24-14-8-6-9-15-24)43-33(42)27-25-17-18-34(44-25)28(27)31(40)37(21-12-13-22-38)30(34)32(36)41/h6-9,11,14-15,17-18,23,25,27-30,38H,4-5,10,12-13,16,19-22H2,1-3H3/b11-7-/t23-,25+,27-,28-,29+,30+,34-/m0/s1. The predicted octanol–water partition coefficient (Wildman–Crippen LogP) is 3.02. The van der Waals surface area contributed by atoms with Crippen LogP contribution in [0.3, 0.4) is 0 Å². The Morgan fingerprint density at radius 1 is 1.00 bits per heavy atom. The largest absolute Gasteiger partial charge is 0.455 e. The van der Waals surface area contributed by atoms with Gasteiger partial charge >= 0.3 is 5.97 Å². The molecule has 1 spiro atoms. The van der Waals surface area contributed by atoms with E-state index in [-0.39, 0.29) is 37.3 Å². The van der Waals surface area contributed by atoms with Crippen LogP contribution in [0, 0.1) is 11.8 Å². The number of aliphatic hydroxyl groups is 1. The van der Waals surface area contributed by atoms with Gasteiger partial charge in [-0.2, -0.15) is 0 Å². The van der Waals surface area contributed by atoms with Gasteiger partial charge in [0.1, 0.15) is 23.7 Å². The Labute approximate surface area is 259 Å². The molecule has 5 bridgehead atoms. The van der Waals surface area contributed by atoms with E-state index in [2.05, 4.69) is 6.92 Å². The van der Waals surface area contributed by atoms with Gasteiger partial charge in [0, 0.05) is 39.7 Å². The van der Waals surface area contributed by atoms with Crippen molar-refractivity contribution in [2.75, 3.05) is 33.3 Å². The van der Waals surface area contributed by atoms with Crippen LogP contribution in [0.15, 0.2) is 54.6 Å². The van der Waals surface area contributed by atoms with E-state index in [1.807, 2.05) is 55.5 Å². The van der Waals surface area contributed by atoms with Crippen LogP contribution in [-0.4, -0.2) is 101 Å². The summed E-state index contributed by atoms with van der Waals surface area (Å²) >= 11 is 0. The molecule has 2 fully saturated rings. The number of amides is 3. The quantitative estimate of drug-likeness (QED) is 0.274. The number of likely N-dealkylation sites (tertiary alicyclic amines) is 1. The number of benzene rings is 1. The van der Waals surface area contributed by atoms with Crippen LogP contribution >= 0.6 is 0 Å². The molecular formula is C34H45N3O7. The SMILES string of the molecule is CCCCN1C/C=C\CCC(=O)N(C)[C@@H](C)[C@H](c2ccccc2)OC(=O)[C@@H]2[C@H]3C(=O)N(CCCCO)[C@H](C1=O)[C@]31C=C[C@H]2O1. The minimum Gasteiger partial charge on any atom is -0.455 e. The average Bonchev–Trinajstić information content (AvgIpc) is 3.67. The molecule has 1 N–H and O–H groups in total. The highest BCUT2D eigenvalue weighted by atomic mass is 16.6.